The molecule has 0 radical (unpaired) electrons. The van der Waals surface area contributed by atoms with E-state index in [0.717, 1.165) is 31.4 Å². The van der Waals surface area contributed by atoms with E-state index in [1.165, 1.54) is 6.07 Å². The average molecular weight is 316 g/mol. The van der Waals surface area contributed by atoms with Gasteiger partial charge < -0.3 is 5.11 Å². The second kappa shape index (κ2) is 6.39. The Hall–Kier alpha value is -1.02. The molecular weight excluding hydrogens is 295 g/mol. The highest BCUT2D eigenvalue weighted by Crippen LogP contribution is 2.23. The quantitative estimate of drug-likeness (QED) is 0.888. The molecule has 1 aliphatic heterocycles. The minimum absolute atomic E-state index is 0.0784. The molecule has 0 saturated carbocycles. The Bertz CT molecular complexity index is 596. The number of nitrogens with zero attached hydrogens (tertiary/aromatic N) is 1. The monoisotopic (exact) mass is 316 g/mol. The molecule has 0 spiro atoms. The van der Waals surface area contributed by atoms with E-state index in [0.29, 0.717) is 0 Å². The van der Waals surface area contributed by atoms with Gasteiger partial charge >= 0.3 is 0 Å². The summed E-state index contributed by atoms with van der Waals surface area (Å²) < 4.78 is 38.3. The van der Waals surface area contributed by atoms with Crippen LogP contribution >= 0.6 is 0 Å². The van der Waals surface area contributed by atoms with Gasteiger partial charge in [-0.3, -0.25) is 0 Å². The molecule has 2 unspecified atom stereocenters. The molecule has 7 heteroatoms. The first kappa shape index (κ1) is 16.4. The Kier molecular flexibility index (Phi) is 4.98. The van der Waals surface area contributed by atoms with Crippen LogP contribution in [0.4, 0.5) is 4.39 Å². The van der Waals surface area contributed by atoms with Crippen LogP contribution in [0, 0.1) is 5.82 Å². The summed E-state index contributed by atoms with van der Waals surface area (Å²) in [5, 5.41) is 11.0. The van der Waals surface area contributed by atoms with E-state index < -0.39 is 22.4 Å². The van der Waals surface area contributed by atoms with Crippen molar-refractivity contribution in [2.75, 3.05) is 0 Å². The van der Waals surface area contributed by atoms with Crippen LogP contribution in [0.15, 0.2) is 23.1 Å². The van der Waals surface area contributed by atoms with Crippen molar-refractivity contribution in [2.24, 2.45) is 0 Å². The number of hydrogen-bond acceptors (Lipinski definition) is 4. The Balaban J connectivity index is 2.32. The molecule has 1 aliphatic rings. The molecule has 1 fully saturated rings. The number of hydrogen-bond donors (Lipinski definition) is 2. The average Bonchev–Trinajstić information content (AvgIpc) is 2.43. The Morgan fingerprint density at radius 1 is 1.33 bits per heavy atom. The lowest BCUT2D eigenvalue weighted by Gasteiger charge is -2.38. The smallest absolute Gasteiger partial charge is 0.253 e. The van der Waals surface area contributed by atoms with E-state index in [1.807, 2.05) is 13.8 Å². The van der Waals surface area contributed by atoms with Crippen molar-refractivity contribution < 1.29 is 17.9 Å². The summed E-state index contributed by atoms with van der Waals surface area (Å²) in [6, 6.07) is 3.51. The van der Waals surface area contributed by atoms with Crippen LogP contribution in [0.1, 0.15) is 38.7 Å². The van der Waals surface area contributed by atoms with Gasteiger partial charge in [-0.2, -0.15) is 0 Å². The first-order valence-electron chi connectivity index (χ1n) is 7.05. The van der Waals surface area contributed by atoms with Crippen LogP contribution in [-0.2, 0) is 16.6 Å². The number of halogens is 1. The van der Waals surface area contributed by atoms with Crippen molar-refractivity contribution in [3.8, 4) is 0 Å². The molecule has 0 bridgehead atoms. The van der Waals surface area contributed by atoms with Crippen molar-refractivity contribution in [3.05, 3.63) is 29.6 Å². The minimum Gasteiger partial charge on any atom is -0.392 e. The zero-order chi connectivity index (χ0) is 15.6. The number of aliphatic hydroxyl groups is 1. The number of benzene rings is 1. The first-order chi connectivity index (χ1) is 9.85. The molecule has 1 aromatic carbocycles. The van der Waals surface area contributed by atoms with E-state index in [1.54, 1.807) is 5.01 Å². The Morgan fingerprint density at radius 3 is 2.52 bits per heavy atom. The SMILES string of the molecule is CC1CCCC(C)N1NS(=O)(=O)c1cc(F)ccc1CO. The molecule has 2 N–H and O–H groups in total. The highest BCUT2D eigenvalue weighted by molar-refractivity contribution is 7.89. The first-order valence-corrected chi connectivity index (χ1v) is 8.53. The topological polar surface area (TPSA) is 69.6 Å². The van der Waals surface area contributed by atoms with Crippen molar-refractivity contribution in [1.82, 2.24) is 9.84 Å². The van der Waals surface area contributed by atoms with E-state index in [-0.39, 0.29) is 22.5 Å². The lowest BCUT2D eigenvalue weighted by molar-refractivity contribution is 0.0790. The normalized spacial score (nSPS) is 24.2. The molecule has 1 aromatic rings. The zero-order valence-corrected chi connectivity index (χ0v) is 13.0. The summed E-state index contributed by atoms with van der Waals surface area (Å²) in [5.41, 5.74) is 0.182. The maximum Gasteiger partial charge on any atom is 0.253 e. The van der Waals surface area contributed by atoms with Crippen LogP contribution in [-0.4, -0.2) is 30.6 Å². The summed E-state index contributed by atoms with van der Waals surface area (Å²) in [6.45, 7) is 3.45. The van der Waals surface area contributed by atoms with Crippen molar-refractivity contribution in [2.45, 2.75) is 56.7 Å². The summed E-state index contributed by atoms with van der Waals surface area (Å²) in [6.07, 6.45) is 2.87. The van der Waals surface area contributed by atoms with Crippen LogP contribution < -0.4 is 4.83 Å². The van der Waals surface area contributed by atoms with Gasteiger partial charge in [-0.05, 0) is 44.4 Å². The van der Waals surface area contributed by atoms with Gasteiger partial charge in [-0.15, -0.1) is 4.83 Å². The molecule has 118 valence electrons. The van der Waals surface area contributed by atoms with Gasteiger partial charge in [0.1, 0.15) is 5.82 Å². The highest BCUT2D eigenvalue weighted by atomic mass is 32.2. The standard InChI is InChI=1S/C14H21FN2O3S/c1-10-4-3-5-11(2)17(10)16-21(19,20)14-8-13(15)7-6-12(14)9-18/h6-8,10-11,16,18H,3-5,9H2,1-2H3. The highest BCUT2D eigenvalue weighted by Gasteiger charge is 2.30. The minimum atomic E-state index is -3.92. The lowest BCUT2D eigenvalue weighted by atomic mass is 10.0. The van der Waals surface area contributed by atoms with Gasteiger partial charge in [0.2, 0.25) is 0 Å². The van der Waals surface area contributed by atoms with Gasteiger partial charge in [0.25, 0.3) is 10.0 Å². The molecule has 5 nitrogen and oxygen atoms in total. The molecule has 21 heavy (non-hydrogen) atoms. The fourth-order valence-electron chi connectivity index (χ4n) is 2.70. The van der Waals surface area contributed by atoms with E-state index >= 15 is 0 Å². The lowest BCUT2D eigenvalue weighted by Crippen LogP contribution is -2.54. The third kappa shape index (κ3) is 3.60. The van der Waals surface area contributed by atoms with Gasteiger partial charge in [0.15, 0.2) is 0 Å². The Labute approximate surface area is 124 Å². The number of piperidine rings is 1. The maximum atomic E-state index is 13.4. The summed E-state index contributed by atoms with van der Waals surface area (Å²) in [5.74, 6) is -0.646. The van der Waals surface area contributed by atoms with Crippen molar-refractivity contribution >= 4 is 10.0 Å². The fraction of sp³-hybridized carbons (Fsp3) is 0.571. The summed E-state index contributed by atoms with van der Waals surface area (Å²) in [7, 11) is -3.92. The van der Waals surface area contributed by atoms with Gasteiger partial charge in [-0.1, -0.05) is 12.5 Å². The molecule has 2 rings (SSSR count). The predicted octanol–water partition coefficient (Wildman–Crippen LogP) is 1.77. The predicted molar refractivity (Wildman–Crippen MR) is 77.3 cm³/mol. The summed E-state index contributed by atoms with van der Waals surface area (Å²) in [4.78, 5) is 2.33. The van der Waals surface area contributed by atoms with E-state index in [2.05, 4.69) is 4.83 Å². The molecule has 1 heterocycles. The second-order valence-electron chi connectivity index (χ2n) is 5.54. The largest absolute Gasteiger partial charge is 0.392 e. The maximum absolute atomic E-state index is 13.4. The van der Waals surface area contributed by atoms with Crippen LogP contribution in [0.25, 0.3) is 0 Å². The third-order valence-corrected chi connectivity index (χ3v) is 5.32. The van der Waals surface area contributed by atoms with E-state index in [9.17, 15) is 17.9 Å². The van der Waals surface area contributed by atoms with Crippen molar-refractivity contribution in [3.63, 3.8) is 0 Å². The van der Waals surface area contributed by atoms with Crippen LogP contribution in [0.2, 0.25) is 0 Å². The second-order valence-corrected chi connectivity index (χ2v) is 7.17. The number of nitrogens with one attached hydrogen (secondary N) is 1. The number of hydrazine groups is 1. The van der Waals surface area contributed by atoms with Crippen molar-refractivity contribution in [1.29, 1.82) is 0 Å². The number of rotatable bonds is 4. The molecular formula is C14H21FN2O3S. The number of sulfonamides is 1. The molecule has 2 atom stereocenters. The molecule has 1 saturated heterocycles. The summed E-state index contributed by atoms with van der Waals surface area (Å²) >= 11 is 0. The molecule has 0 aromatic heterocycles. The van der Waals surface area contributed by atoms with Crippen LogP contribution in [0.5, 0.6) is 0 Å². The zero-order valence-electron chi connectivity index (χ0n) is 12.2. The third-order valence-electron chi connectivity index (χ3n) is 3.91. The van der Waals surface area contributed by atoms with E-state index in [4.69, 9.17) is 0 Å². The van der Waals surface area contributed by atoms with Gasteiger partial charge in [0, 0.05) is 12.1 Å². The van der Waals surface area contributed by atoms with Gasteiger partial charge in [-0.25, -0.2) is 17.8 Å². The molecule has 0 aliphatic carbocycles. The fourth-order valence-corrected chi connectivity index (χ4v) is 4.18. The van der Waals surface area contributed by atoms with Crippen LogP contribution in [0.3, 0.4) is 0 Å². The van der Waals surface area contributed by atoms with Gasteiger partial charge in [0.05, 0.1) is 11.5 Å². The Morgan fingerprint density at radius 2 is 1.95 bits per heavy atom. The number of aliphatic hydroxyl groups excluding tert-OH is 1. The molecule has 0 amide bonds.